The van der Waals surface area contributed by atoms with Crippen molar-refractivity contribution in [1.82, 2.24) is 8.61 Å². The summed E-state index contributed by atoms with van der Waals surface area (Å²) in [5.41, 5.74) is 0.0234. The molecule has 1 aromatic carbocycles. The van der Waals surface area contributed by atoms with Gasteiger partial charge in [-0.2, -0.15) is 4.31 Å². The molecule has 0 amide bonds. The third-order valence-electron chi connectivity index (χ3n) is 5.67. The number of nitro groups is 1. The summed E-state index contributed by atoms with van der Waals surface area (Å²) in [6.07, 6.45) is 3.40. The van der Waals surface area contributed by atoms with Gasteiger partial charge < -0.3 is 4.90 Å². The van der Waals surface area contributed by atoms with E-state index in [0.29, 0.717) is 44.8 Å². The summed E-state index contributed by atoms with van der Waals surface area (Å²) in [5, 5.41) is 11.7. The van der Waals surface area contributed by atoms with Crippen LogP contribution >= 0.6 is 0 Å². The highest BCUT2D eigenvalue weighted by Crippen LogP contribution is 2.33. The minimum absolute atomic E-state index is 0.0837. The molecule has 0 aromatic heterocycles. The number of piperidine rings is 1. The van der Waals surface area contributed by atoms with E-state index in [1.165, 1.54) is 20.7 Å². The summed E-state index contributed by atoms with van der Waals surface area (Å²) in [6.45, 7) is 4.13. The lowest BCUT2D eigenvalue weighted by molar-refractivity contribution is -0.384. The zero-order chi connectivity index (χ0) is 22.1. The van der Waals surface area contributed by atoms with Crippen LogP contribution in [0.2, 0.25) is 0 Å². The Bertz CT molecular complexity index is 1010. The minimum atomic E-state index is -3.81. The molecular weight excluding hydrogens is 432 g/mol. The molecule has 0 aliphatic carbocycles. The number of nitrogens with zero attached hydrogens (tertiary/aromatic N) is 4. The zero-order valence-corrected chi connectivity index (χ0v) is 18.9. The highest BCUT2D eigenvalue weighted by atomic mass is 32.2. The quantitative estimate of drug-likeness (QED) is 0.482. The fraction of sp³-hybridized carbons (Fsp3) is 0.667. The summed E-state index contributed by atoms with van der Waals surface area (Å²) in [5.74, 6) is 0.248. The molecule has 30 heavy (non-hydrogen) atoms. The van der Waals surface area contributed by atoms with Crippen LogP contribution in [0.4, 0.5) is 11.4 Å². The van der Waals surface area contributed by atoms with Gasteiger partial charge >= 0.3 is 0 Å². The molecule has 1 unspecified atom stereocenters. The Morgan fingerprint density at radius 3 is 2.33 bits per heavy atom. The van der Waals surface area contributed by atoms with Crippen LogP contribution in [-0.2, 0) is 20.0 Å². The lowest BCUT2D eigenvalue weighted by atomic mass is 10.0. The second-order valence-electron chi connectivity index (χ2n) is 8.02. The fourth-order valence-electron chi connectivity index (χ4n) is 4.06. The number of hydrogen-bond donors (Lipinski definition) is 0. The van der Waals surface area contributed by atoms with Crippen molar-refractivity contribution in [2.75, 3.05) is 50.4 Å². The molecule has 0 bridgehead atoms. The van der Waals surface area contributed by atoms with E-state index in [-0.39, 0.29) is 23.0 Å². The smallest absolute Gasteiger partial charge is 0.293 e. The van der Waals surface area contributed by atoms with E-state index in [9.17, 15) is 26.9 Å². The molecule has 2 fully saturated rings. The molecule has 3 rings (SSSR count). The van der Waals surface area contributed by atoms with Crippen LogP contribution in [0.1, 0.15) is 26.2 Å². The zero-order valence-electron chi connectivity index (χ0n) is 17.2. The van der Waals surface area contributed by atoms with Crippen LogP contribution in [0.5, 0.6) is 0 Å². The molecule has 0 N–H and O–H groups in total. The molecule has 12 heteroatoms. The Balaban J connectivity index is 1.90. The number of benzene rings is 1. The number of hydrogen-bond acceptors (Lipinski definition) is 7. The largest absolute Gasteiger partial charge is 0.365 e. The standard InChI is InChI=1S/C18H28N4O6S2/c1-15-5-3-9-21(14-15)30(27,28)16-6-7-17(18(13-16)22(23)24)19-8-4-10-20(12-11-19)29(2,25)26/h6-7,13,15H,3-5,8-12,14H2,1-2H3. The number of sulfonamides is 2. The Morgan fingerprint density at radius 1 is 1.00 bits per heavy atom. The van der Waals surface area contributed by atoms with Gasteiger partial charge in [0.25, 0.3) is 5.69 Å². The van der Waals surface area contributed by atoms with Crippen molar-refractivity contribution < 1.29 is 21.8 Å². The summed E-state index contributed by atoms with van der Waals surface area (Å²) in [6, 6.07) is 4.01. The summed E-state index contributed by atoms with van der Waals surface area (Å²) in [4.78, 5) is 12.8. The van der Waals surface area contributed by atoms with Gasteiger partial charge in [0.1, 0.15) is 5.69 Å². The van der Waals surface area contributed by atoms with E-state index in [2.05, 4.69) is 0 Å². The number of anilines is 1. The summed E-state index contributed by atoms with van der Waals surface area (Å²) in [7, 11) is -7.15. The van der Waals surface area contributed by atoms with Crippen LogP contribution in [0, 0.1) is 16.0 Å². The Morgan fingerprint density at radius 2 is 1.70 bits per heavy atom. The van der Waals surface area contributed by atoms with E-state index in [1.807, 2.05) is 6.92 Å². The van der Waals surface area contributed by atoms with Gasteiger partial charge in [-0.1, -0.05) is 6.92 Å². The van der Waals surface area contributed by atoms with Gasteiger partial charge in [-0.15, -0.1) is 0 Å². The molecule has 10 nitrogen and oxygen atoms in total. The van der Waals surface area contributed by atoms with Gasteiger partial charge in [-0.3, -0.25) is 10.1 Å². The first-order valence-corrected chi connectivity index (χ1v) is 13.3. The number of nitro benzene ring substituents is 1. The molecule has 168 valence electrons. The third-order valence-corrected chi connectivity index (χ3v) is 8.83. The van der Waals surface area contributed by atoms with Crippen molar-refractivity contribution in [2.45, 2.75) is 31.1 Å². The van der Waals surface area contributed by atoms with Gasteiger partial charge in [-0.25, -0.2) is 21.1 Å². The van der Waals surface area contributed by atoms with E-state index in [4.69, 9.17) is 0 Å². The molecule has 0 radical (unpaired) electrons. The first kappa shape index (κ1) is 22.9. The maximum Gasteiger partial charge on any atom is 0.293 e. The average Bonchev–Trinajstić information content (AvgIpc) is 2.93. The lowest BCUT2D eigenvalue weighted by Gasteiger charge is -2.30. The predicted molar refractivity (Wildman–Crippen MR) is 114 cm³/mol. The van der Waals surface area contributed by atoms with Gasteiger partial charge in [-0.05, 0) is 37.3 Å². The van der Waals surface area contributed by atoms with Gasteiger partial charge in [0.2, 0.25) is 20.0 Å². The Hall–Kier alpha value is -1.76. The Labute approximate surface area is 177 Å². The second kappa shape index (κ2) is 8.77. The molecular formula is C18H28N4O6S2. The fourth-order valence-corrected chi connectivity index (χ4v) is 6.55. The van der Waals surface area contributed by atoms with Crippen molar-refractivity contribution in [1.29, 1.82) is 0 Å². The minimum Gasteiger partial charge on any atom is -0.365 e. The maximum atomic E-state index is 13.0. The van der Waals surface area contributed by atoms with E-state index in [0.717, 1.165) is 25.2 Å². The SMILES string of the molecule is CC1CCCN(S(=O)(=O)c2ccc(N3CCCN(S(C)(=O)=O)CC3)c([N+](=O)[O-])c2)C1. The summed E-state index contributed by atoms with van der Waals surface area (Å²) < 4.78 is 52.4. The van der Waals surface area contributed by atoms with Crippen LogP contribution < -0.4 is 4.90 Å². The van der Waals surface area contributed by atoms with E-state index >= 15 is 0 Å². The van der Waals surface area contributed by atoms with Crippen LogP contribution in [0.3, 0.4) is 0 Å². The van der Waals surface area contributed by atoms with Gasteiger partial charge in [0.15, 0.2) is 0 Å². The monoisotopic (exact) mass is 460 g/mol. The lowest BCUT2D eigenvalue weighted by Crippen LogP contribution is -2.39. The highest BCUT2D eigenvalue weighted by molar-refractivity contribution is 7.89. The second-order valence-corrected chi connectivity index (χ2v) is 11.9. The molecule has 1 atom stereocenters. The first-order valence-electron chi connectivity index (χ1n) is 9.99. The van der Waals surface area contributed by atoms with E-state index < -0.39 is 25.0 Å². The predicted octanol–water partition coefficient (Wildman–Crippen LogP) is 1.49. The third kappa shape index (κ3) is 4.93. The topological polar surface area (TPSA) is 121 Å². The maximum absolute atomic E-state index is 13.0. The highest BCUT2D eigenvalue weighted by Gasteiger charge is 2.32. The van der Waals surface area contributed by atoms with Crippen molar-refractivity contribution in [2.24, 2.45) is 5.92 Å². The average molecular weight is 461 g/mol. The van der Waals surface area contributed by atoms with Crippen molar-refractivity contribution in [3.63, 3.8) is 0 Å². The number of rotatable bonds is 5. The van der Waals surface area contributed by atoms with Crippen LogP contribution in [0.15, 0.2) is 23.1 Å². The van der Waals surface area contributed by atoms with Crippen molar-refractivity contribution in [3.05, 3.63) is 28.3 Å². The molecule has 2 heterocycles. The van der Waals surface area contributed by atoms with Gasteiger partial charge in [0.05, 0.1) is 16.1 Å². The van der Waals surface area contributed by atoms with Gasteiger partial charge in [0, 0.05) is 45.3 Å². The molecule has 2 saturated heterocycles. The van der Waals surface area contributed by atoms with Crippen LogP contribution in [0.25, 0.3) is 0 Å². The normalized spacial score (nSPS) is 22.6. The molecule has 0 saturated carbocycles. The first-order chi connectivity index (χ1) is 14.0. The van der Waals surface area contributed by atoms with Crippen LogP contribution in [-0.4, -0.2) is 75.9 Å². The van der Waals surface area contributed by atoms with Crippen molar-refractivity contribution >= 4 is 31.4 Å². The molecule has 0 spiro atoms. The molecule has 1 aromatic rings. The molecule has 2 aliphatic heterocycles. The Kier molecular flexibility index (Phi) is 6.70. The molecule has 2 aliphatic rings. The summed E-state index contributed by atoms with van der Waals surface area (Å²) >= 11 is 0. The van der Waals surface area contributed by atoms with Crippen molar-refractivity contribution in [3.8, 4) is 0 Å². The van der Waals surface area contributed by atoms with E-state index in [1.54, 1.807) is 4.90 Å².